The fourth-order valence-corrected chi connectivity index (χ4v) is 4.33. The van der Waals surface area contributed by atoms with Crippen molar-refractivity contribution in [3.05, 3.63) is 16.1 Å². The van der Waals surface area contributed by atoms with Crippen LogP contribution in [0.4, 0.5) is 4.79 Å². The predicted octanol–water partition coefficient (Wildman–Crippen LogP) is 2.97. The van der Waals surface area contributed by atoms with Gasteiger partial charge in [0.2, 0.25) is 0 Å². The molecule has 0 bridgehead atoms. The molecule has 0 unspecified atom stereocenters. The Kier molecular flexibility index (Phi) is 5.72. The highest BCUT2D eigenvalue weighted by molar-refractivity contribution is 8.00. The first-order valence-electron chi connectivity index (χ1n) is 7.14. The Balaban J connectivity index is 1.56. The third-order valence-corrected chi connectivity index (χ3v) is 6.01. The van der Waals surface area contributed by atoms with Gasteiger partial charge in [-0.15, -0.1) is 11.3 Å². The van der Waals surface area contributed by atoms with Crippen molar-refractivity contribution in [1.82, 2.24) is 15.6 Å². The summed E-state index contributed by atoms with van der Waals surface area (Å²) in [6.45, 7) is 5.70. The van der Waals surface area contributed by atoms with E-state index in [9.17, 15) is 4.79 Å². The molecule has 2 heterocycles. The topological polar surface area (TPSA) is 54.0 Å². The molecule has 0 radical (unpaired) electrons. The monoisotopic (exact) mass is 313 g/mol. The minimum absolute atomic E-state index is 0.0472. The maximum absolute atomic E-state index is 11.7. The van der Waals surface area contributed by atoms with Gasteiger partial charge < -0.3 is 10.6 Å². The van der Waals surface area contributed by atoms with E-state index in [1.165, 1.54) is 18.6 Å². The van der Waals surface area contributed by atoms with Gasteiger partial charge in [-0.2, -0.15) is 11.8 Å². The Hall–Kier alpha value is -0.750. The zero-order chi connectivity index (χ0) is 14.4. The van der Waals surface area contributed by atoms with Gasteiger partial charge in [-0.25, -0.2) is 9.78 Å². The van der Waals surface area contributed by atoms with Crippen molar-refractivity contribution in [2.45, 2.75) is 44.3 Å². The van der Waals surface area contributed by atoms with E-state index in [1.54, 1.807) is 11.3 Å². The van der Waals surface area contributed by atoms with Gasteiger partial charge in [0, 0.05) is 35.3 Å². The summed E-state index contributed by atoms with van der Waals surface area (Å²) in [4.78, 5) is 16.1. The summed E-state index contributed by atoms with van der Waals surface area (Å²) in [5, 5.41) is 9.12. The molecule has 2 N–H and O–H groups in total. The lowest BCUT2D eigenvalue weighted by atomic mass is 10.1. The van der Waals surface area contributed by atoms with E-state index >= 15 is 0 Å². The van der Waals surface area contributed by atoms with Crippen molar-refractivity contribution < 1.29 is 4.79 Å². The summed E-state index contributed by atoms with van der Waals surface area (Å²) in [5.41, 5.74) is 1.08. The molecular formula is C14H23N3OS2. The predicted molar refractivity (Wildman–Crippen MR) is 86.7 cm³/mol. The van der Waals surface area contributed by atoms with E-state index in [-0.39, 0.29) is 10.8 Å². The van der Waals surface area contributed by atoms with Crippen LogP contribution in [0.2, 0.25) is 0 Å². The van der Waals surface area contributed by atoms with Crippen molar-refractivity contribution in [3.8, 4) is 0 Å². The Morgan fingerprint density at radius 2 is 2.35 bits per heavy atom. The molecule has 0 aliphatic carbocycles. The van der Waals surface area contributed by atoms with Crippen LogP contribution in [0.5, 0.6) is 0 Å². The third-order valence-electron chi connectivity index (χ3n) is 3.44. The van der Waals surface area contributed by atoms with Crippen molar-refractivity contribution in [3.63, 3.8) is 0 Å². The molecule has 112 valence electrons. The van der Waals surface area contributed by atoms with Crippen LogP contribution in [-0.4, -0.2) is 34.6 Å². The summed E-state index contributed by atoms with van der Waals surface area (Å²) in [5.74, 6) is 1.22. The van der Waals surface area contributed by atoms with E-state index < -0.39 is 0 Å². The SMILES string of the molecule is Cc1csc(CCCNC(=O)NC[C@]2(C)CCCS2)n1. The van der Waals surface area contributed by atoms with E-state index in [0.717, 1.165) is 30.1 Å². The zero-order valence-electron chi connectivity index (χ0n) is 12.2. The number of nitrogens with one attached hydrogen (secondary N) is 2. The molecule has 0 aromatic carbocycles. The lowest BCUT2D eigenvalue weighted by Crippen LogP contribution is -2.42. The summed E-state index contributed by atoms with van der Waals surface area (Å²) in [6, 6.07) is -0.0472. The number of thiazole rings is 1. The molecule has 2 rings (SSSR count). The molecular weight excluding hydrogens is 290 g/mol. The number of carbonyl (C=O) groups excluding carboxylic acids is 1. The van der Waals surface area contributed by atoms with Crippen molar-refractivity contribution in [1.29, 1.82) is 0 Å². The van der Waals surface area contributed by atoms with Crippen LogP contribution in [-0.2, 0) is 6.42 Å². The summed E-state index contributed by atoms with van der Waals surface area (Å²) >= 11 is 3.66. The van der Waals surface area contributed by atoms with Gasteiger partial charge in [0.15, 0.2) is 0 Å². The van der Waals surface area contributed by atoms with Gasteiger partial charge in [-0.05, 0) is 38.9 Å². The van der Waals surface area contributed by atoms with Gasteiger partial charge in [0.25, 0.3) is 0 Å². The van der Waals surface area contributed by atoms with E-state index in [0.29, 0.717) is 6.54 Å². The highest BCUT2D eigenvalue weighted by Crippen LogP contribution is 2.36. The minimum atomic E-state index is -0.0472. The number of aromatic nitrogens is 1. The number of thioether (sulfide) groups is 1. The standard InChI is InChI=1S/C14H23N3OS2/c1-11-9-19-12(17-11)5-3-7-15-13(18)16-10-14(2)6-4-8-20-14/h9H,3-8,10H2,1-2H3,(H2,15,16,18)/t14-/m0/s1. The molecule has 0 saturated carbocycles. The lowest BCUT2D eigenvalue weighted by molar-refractivity contribution is 0.239. The Morgan fingerprint density at radius 3 is 3.00 bits per heavy atom. The maximum atomic E-state index is 11.7. The summed E-state index contributed by atoms with van der Waals surface area (Å²) in [7, 11) is 0. The van der Waals surface area contributed by atoms with Crippen LogP contribution < -0.4 is 10.6 Å². The highest BCUT2D eigenvalue weighted by Gasteiger charge is 2.29. The largest absolute Gasteiger partial charge is 0.338 e. The van der Waals surface area contributed by atoms with Crippen molar-refractivity contribution in [2.75, 3.05) is 18.8 Å². The molecule has 0 spiro atoms. The fraction of sp³-hybridized carbons (Fsp3) is 0.714. The Morgan fingerprint density at radius 1 is 1.50 bits per heavy atom. The van der Waals surface area contributed by atoms with Crippen LogP contribution in [0, 0.1) is 6.92 Å². The molecule has 1 aromatic heterocycles. The molecule has 2 amide bonds. The van der Waals surface area contributed by atoms with Gasteiger partial charge in [0.05, 0.1) is 5.01 Å². The van der Waals surface area contributed by atoms with Crippen LogP contribution in [0.3, 0.4) is 0 Å². The lowest BCUT2D eigenvalue weighted by Gasteiger charge is -2.22. The molecule has 1 saturated heterocycles. The van der Waals surface area contributed by atoms with Crippen molar-refractivity contribution >= 4 is 29.1 Å². The molecule has 6 heteroatoms. The van der Waals surface area contributed by atoms with E-state index in [4.69, 9.17) is 0 Å². The maximum Gasteiger partial charge on any atom is 0.314 e. The number of amides is 2. The molecule has 20 heavy (non-hydrogen) atoms. The third kappa shape index (κ3) is 4.98. The van der Waals surface area contributed by atoms with Gasteiger partial charge in [-0.3, -0.25) is 0 Å². The molecule has 4 nitrogen and oxygen atoms in total. The Labute approximate surface area is 129 Å². The Bertz CT molecular complexity index is 441. The second-order valence-corrected chi connectivity index (χ2v) is 8.12. The average Bonchev–Trinajstić information content (AvgIpc) is 3.02. The summed E-state index contributed by atoms with van der Waals surface area (Å²) < 4.78 is 0.232. The summed E-state index contributed by atoms with van der Waals surface area (Å²) in [6.07, 6.45) is 4.33. The van der Waals surface area contributed by atoms with Crippen LogP contribution in [0.15, 0.2) is 5.38 Å². The van der Waals surface area contributed by atoms with Gasteiger partial charge in [0.1, 0.15) is 0 Å². The smallest absolute Gasteiger partial charge is 0.314 e. The molecule has 1 aromatic rings. The average molecular weight is 313 g/mol. The first-order valence-corrected chi connectivity index (χ1v) is 9.01. The van der Waals surface area contributed by atoms with Crippen LogP contribution >= 0.6 is 23.1 Å². The normalized spacial score (nSPS) is 21.9. The second-order valence-electron chi connectivity index (χ2n) is 5.50. The van der Waals surface area contributed by atoms with Crippen LogP contribution in [0.1, 0.15) is 36.9 Å². The van der Waals surface area contributed by atoms with Crippen LogP contribution in [0.25, 0.3) is 0 Å². The number of hydrogen-bond donors (Lipinski definition) is 2. The van der Waals surface area contributed by atoms with E-state index in [1.807, 2.05) is 18.7 Å². The van der Waals surface area contributed by atoms with E-state index in [2.05, 4.69) is 27.9 Å². The first kappa shape index (κ1) is 15.6. The molecule has 1 atom stereocenters. The van der Waals surface area contributed by atoms with Crippen molar-refractivity contribution in [2.24, 2.45) is 0 Å². The number of urea groups is 1. The number of hydrogen-bond acceptors (Lipinski definition) is 4. The quantitative estimate of drug-likeness (QED) is 0.794. The number of nitrogens with zero attached hydrogens (tertiary/aromatic N) is 1. The molecule has 1 aliphatic rings. The zero-order valence-corrected chi connectivity index (χ0v) is 13.8. The first-order chi connectivity index (χ1) is 9.57. The number of aryl methyl sites for hydroxylation is 2. The number of rotatable bonds is 6. The van der Waals surface area contributed by atoms with Gasteiger partial charge >= 0.3 is 6.03 Å². The fourth-order valence-electron chi connectivity index (χ4n) is 2.27. The minimum Gasteiger partial charge on any atom is -0.338 e. The number of carbonyl (C=O) groups is 1. The molecule has 1 aliphatic heterocycles. The molecule has 1 fully saturated rings. The second kappa shape index (κ2) is 7.31. The highest BCUT2D eigenvalue weighted by atomic mass is 32.2. The van der Waals surface area contributed by atoms with Gasteiger partial charge in [-0.1, -0.05) is 0 Å².